The molecular weight excluding hydrogens is 418 g/mol. The summed E-state index contributed by atoms with van der Waals surface area (Å²) in [5.41, 5.74) is 5.90. The van der Waals surface area contributed by atoms with Crippen LogP contribution in [0.5, 0.6) is 0 Å². The summed E-state index contributed by atoms with van der Waals surface area (Å²) in [5, 5.41) is 15.5. The van der Waals surface area contributed by atoms with Crippen LogP contribution in [0.2, 0.25) is 0 Å². The molecule has 0 radical (unpaired) electrons. The summed E-state index contributed by atoms with van der Waals surface area (Å²) in [5.74, 6) is -1.08. The Morgan fingerprint density at radius 3 is 2.24 bits per heavy atom. The summed E-state index contributed by atoms with van der Waals surface area (Å²) in [6, 6.07) is 21.2. The minimum absolute atomic E-state index is 0.0371. The highest BCUT2D eigenvalue weighted by molar-refractivity contribution is 5.93. The Morgan fingerprint density at radius 1 is 0.970 bits per heavy atom. The molecule has 5 rings (SSSR count). The minimum Gasteiger partial charge on any atom is -0.478 e. The number of hydrogen-bond acceptors (Lipinski definition) is 5. The van der Waals surface area contributed by atoms with Gasteiger partial charge in [-0.15, -0.1) is 0 Å². The van der Waals surface area contributed by atoms with Gasteiger partial charge in [-0.3, -0.25) is 5.32 Å². The lowest BCUT2D eigenvalue weighted by atomic mass is 9.98. The largest absolute Gasteiger partial charge is 0.478 e. The van der Waals surface area contributed by atoms with Crippen LogP contribution in [0.3, 0.4) is 0 Å². The maximum absolute atomic E-state index is 12.7. The SMILES string of the molecule is O=C(Nc1cc(C(=O)O)cc(N2CCNCC2)c1)OCC1c2ccccc2-c2ccccc21. The molecule has 0 spiro atoms. The van der Waals surface area contributed by atoms with E-state index in [1.165, 1.54) is 6.07 Å². The second-order valence-corrected chi connectivity index (χ2v) is 8.26. The lowest BCUT2D eigenvalue weighted by molar-refractivity contribution is 0.0696. The number of rotatable bonds is 5. The van der Waals surface area contributed by atoms with Crippen LogP contribution in [-0.2, 0) is 4.74 Å². The molecule has 3 aromatic carbocycles. The molecule has 1 aliphatic carbocycles. The predicted molar refractivity (Wildman–Crippen MR) is 127 cm³/mol. The molecule has 7 nitrogen and oxygen atoms in total. The van der Waals surface area contributed by atoms with Crippen LogP contribution in [0.25, 0.3) is 11.1 Å². The number of anilines is 2. The maximum Gasteiger partial charge on any atom is 0.411 e. The average molecular weight is 444 g/mol. The minimum atomic E-state index is -1.04. The van der Waals surface area contributed by atoms with Crippen LogP contribution in [0, 0.1) is 0 Å². The number of ether oxygens (including phenoxy) is 1. The molecule has 1 fully saturated rings. The van der Waals surface area contributed by atoms with Gasteiger partial charge in [0.1, 0.15) is 6.61 Å². The van der Waals surface area contributed by atoms with E-state index in [0.29, 0.717) is 5.69 Å². The molecule has 1 heterocycles. The van der Waals surface area contributed by atoms with Gasteiger partial charge >= 0.3 is 12.1 Å². The van der Waals surface area contributed by atoms with Gasteiger partial charge < -0.3 is 20.1 Å². The predicted octanol–water partition coefficient (Wildman–Crippen LogP) is 4.16. The first-order valence-corrected chi connectivity index (χ1v) is 11.1. The Kier molecular flexibility index (Phi) is 5.71. The lowest BCUT2D eigenvalue weighted by Gasteiger charge is -2.30. The molecule has 7 heteroatoms. The van der Waals surface area contributed by atoms with E-state index in [-0.39, 0.29) is 18.1 Å². The van der Waals surface area contributed by atoms with Gasteiger partial charge in [0.25, 0.3) is 0 Å². The highest BCUT2D eigenvalue weighted by Gasteiger charge is 2.29. The molecule has 1 saturated heterocycles. The van der Waals surface area contributed by atoms with Crippen LogP contribution in [0.4, 0.5) is 16.2 Å². The van der Waals surface area contributed by atoms with Crippen molar-refractivity contribution in [3.8, 4) is 11.1 Å². The topological polar surface area (TPSA) is 90.9 Å². The summed E-state index contributed by atoms with van der Waals surface area (Å²) >= 11 is 0. The van der Waals surface area contributed by atoms with Crippen molar-refractivity contribution in [3.05, 3.63) is 83.4 Å². The third-order valence-electron chi connectivity index (χ3n) is 6.24. The van der Waals surface area contributed by atoms with E-state index in [1.807, 2.05) is 24.3 Å². The van der Waals surface area contributed by atoms with Crippen molar-refractivity contribution in [2.75, 3.05) is 43.0 Å². The van der Waals surface area contributed by atoms with Crippen molar-refractivity contribution in [3.63, 3.8) is 0 Å². The highest BCUT2D eigenvalue weighted by Crippen LogP contribution is 2.44. The quantitative estimate of drug-likeness (QED) is 0.549. The number of piperazine rings is 1. The van der Waals surface area contributed by atoms with E-state index in [1.54, 1.807) is 12.1 Å². The molecule has 1 aliphatic heterocycles. The molecule has 33 heavy (non-hydrogen) atoms. The van der Waals surface area contributed by atoms with Gasteiger partial charge in [-0.1, -0.05) is 48.5 Å². The van der Waals surface area contributed by atoms with Crippen LogP contribution in [0.1, 0.15) is 27.4 Å². The molecular formula is C26H25N3O4. The molecule has 3 aromatic rings. The number of carbonyl (C=O) groups excluding carboxylic acids is 1. The Balaban J connectivity index is 1.32. The molecule has 1 amide bonds. The third-order valence-corrected chi connectivity index (χ3v) is 6.24. The molecule has 3 N–H and O–H groups in total. The van der Waals surface area contributed by atoms with Gasteiger partial charge in [-0.25, -0.2) is 9.59 Å². The molecule has 168 valence electrons. The second-order valence-electron chi connectivity index (χ2n) is 8.26. The van der Waals surface area contributed by atoms with Crippen LogP contribution < -0.4 is 15.5 Å². The van der Waals surface area contributed by atoms with E-state index >= 15 is 0 Å². The number of fused-ring (bicyclic) bond motifs is 3. The van der Waals surface area contributed by atoms with E-state index in [9.17, 15) is 14.7 Å². The smallest absolute Gasteiger partial charge is 0.411 e. The summed E-state index contributed by atoms with van der Waals surface area (Å²) < 4.78 is 5.61. The van der Waals surface area contributed by atoms with Crippen LogP contribution in [-0.4, -0.2) is 50.0 Å². The molecule has 0 saturated carbocycles. The van der Waals surface area contributed by atoms with Gasteiger partial charge in [0.05, 0.1) is 5.56 Å². The van der Waals surface area contributed by atoms with Gasteiger partial charge in [-0.2, -0.15) is 0 Å². The Bertz CT molecular complexity index is 1160. The normalized spacial score (nSPS) is 15.0. The van der Waals surface area contributed by atoms with Crippen molar-refractivity contribution in [1.82, 2.24) is 5.32 Å². The zero-order valence-electron chi connectivity index (χ0n) is 18.1. The lowest BCUT2D eigenvalue weighted by Crippen LogP contribution is -2.43. The van der Waals surface area contributed by atoms with Crippen LogP contribution in [0.15, 0.2) is 66.7 Å². The van der Waals surface area contributed by atoms with E-state index < -0.39 is 12.1 Å². The standard InChI is InChI=1S/C26H25N3O4/c30-25(31)17-13-18(15-19(14-17)29-11-9-27-10-12-29)28-26(32)33-16-24-22-7-3-1-5-20(22)21-6-2-4-8-23(21)24/h1-8,13-15,24,27H,9-12,16H2,(H,28,32)(H,30,31). The number of nitrogens with one attached hydrogen (secondary N) is 2. The molecule has 0 unspecified atom stereocenters. The van der Waals surface area contributed by atoms with Crippen molar-refractivity contribution < 1.29 is 19.4 Å². The van der Waals surface area contributed by atoms with Crippen molar-refractivity contribution in [2.24, 2.45) is 0 Å². The summed E-state index contributed by atoms with van der Waals surface area (Å²) in [6.45, 7) is 3.39. The second kappa shape index (κ2) is 8.96. The first-order valence-electron chi connectivity index (χ1n) is 11.1. The van der Waals surface area contributed by atoms with Crippen molar-refractivity contribution in [1.29, 1.82) is 0 Å². The number of nitrogens with zero attached hydrogens (tertiary/aromatic N) is 1. The third kappa shape index (κ3) is 4.27. The van der Waals surface area contributed by atoms with Gasteiger partial charge in [0.15, 0.2) is 0 Å². The Hall–Kier alpha value is -3.84. The number of carboxylic acids is 1. The zero-order chi connectivity index (χ0) is 22.8. The highest BCUT2D eigenvalue weighted by atomic mass is 16.5. The fraction of sp³-hybridized carbons (Fsp3) is 0.231. The number of hydrogen-bond donors (Lipinski definition) is 3. The summed E-state index contributed by atoms with van der Waals surface area (Å²) in [6.07, 6.45) is -0.606. The zero-order valence-corrected chi connectivity index (χ0v) is 18.1. The Morgan fingerprint density at radius 2 is 1.61 bits per heavy atom. The summed E-state index contributed by atoms with van der Waals surface area (Å²) in [4.78, 5) is 26.4. The first-order chi connectivity index (χ1) is 16.1. The van der Waals surface area contributed by atoms with Gasteiger partial charge in [-0.05, 0) is 40.5 Å². The average Bonchev–Trinajstić information content (AvgIpc) is 3.17. The number of aromatic carboxylic acids is 1. The van der Waals surface area contributed by atoms with E-state index in [2.05, 4.69) is 39.8 Å². The fourth-order valence-electron chi connectivity index (χ4n) is 4.66. The maximum atomic E-state index is 12.7. The molecule has 0 bridgehead atoms. The van der Waals surface area contributed by atoms with Crippen molar-refractivity contribution >= 4 is 23.4 Å². The number of amides is 1. The van der Waals surface area contributed by atoms with Crippen molar-refractivity contribution in [2.45, 2.75) is 5.92 Å². The first kappa shape index (κ1) is 21.0. The molecule has 0 aromatic heterocycles. The van der Waals surface area contributed by atoms with Crippen LogP contribution >= 0.6 is 0 Å². The monoisotopic (exact) mass is 443 g/mol. The number of benzene rings is 3. The van der Waals surface area contributed by atoms with Gasteiger partial charge in [0, 0.05) is 43.5 Å². The van der Waals surface area contributed by atoms with E-state index in [0.717, 1.165) is 54.1 Å². The Labute approximate surface area is 192 Å². The summed E-state index contributed by atoms with van der Waals surface area (Å²) in [7, 11) is 0. The number of carbonyl (C=O) groups is 2. The molecule has 0 atom stereocenters. The fourth-order valence-corrected chi connectivity index (χ4v) is 4.66. The van der Waals surface area contributed by atoms with Gasteiger partial charge in [0.2, 0.25) is 0 Å². The number of carboxylic acid groups (broad SMARTS) is 1. The molecule has 2 aliphatic rings. The van der Waals surface area contributed by atoms with E-state index in [4.69, 9.17) is 4.74 Å².